The Kier molecular flexibility index (Phi) is 3.93. The number of hydrogen-bond acceptors (Lipinski definition) is 5. The monoisotopic (exact) mass is 315 g/mol. The van der Waals surface area contributed by atoms with Crippen molar-refractivity contribution in [2.45, 2.75) is 18.0 Å². The van der Waals surface area contributed by atoms with Crippen LogP contribution in [-0.2, 0) is 10.0 Å². The second-order valence-electron chi connectivity index (χ2n) is 4.14. The Morgan fingerprint density at radius 1 is 1.55 bits per heavy atom. The average molecular weight is 315 g/mol. The summed E-state index contributed by atoms with van der Waals surface area (Å²) in [5.74, 6) is -1.28. The summed E-state index contributed by atoms with van der Waals surface area (Å²) in [5.41, 5.74) is -0.333. The molecule has 7 nitrogen and oxygen atoms in total. The quantitative estimate of drug-likeness (QED) is 0.871. The molecule has 0 saturated carbocycles. The molecule has 2 aromatic rings. The third-order valence-corrected chi connectivity index (χ3v) is 5.81. The number of rotatable bonds is 5. The number of carboxylic acids is 1. The molecule has 2 aromatic heterocycles. The molecule has 0 bridgehead atoms. The lowest BCUT2D eigenvalue weighted by Gasteiger charge is -2.22. The van der Waals surface area contributed by atoms with Crippen LogP contribution in [0, 0.1) is 0 Å². The van der Waals surface area contributed by atoms with Gasteiger partial charge in [0, 0.05) is 18.0 Å². The van der Waals surface area contributed by atoms with Crippen molar-refractivity contribution in [2.24, 2.45) is 0 Å². The molecular weight excluding hydrogens is 302 g/mol. The van der Waals surface area contributed by atoms with Crippen molar-refractivity contribution in [1.29, 1.82) is 0 Å². The summed E-state index contributed by atoms with van der Waals surface area (Å²) in [4.78, 5) is 11.6. The molecule has 9 heteroatoms. The lowest BCUT2D eigenvalue weighted by molar-refractivity contribution is 0.0690. The van der Waals surface area contributed by atoms with Gasteiger partial charge in [0.1, 0.15) is 0 Å². The Balaban J connectivity index is 2.31. The highest BCUT2D eigenvalue weighted by molar-refractivity contribution is 7.89. The molecule has 0 fully saturated rings. The molecule has 0 aromatic carbocycles. The number of hydrogen-bond donors (Lipinski definition) is 2. The third kappa shape index (κ3) is 2.60. The molecule has 1 unspecified atom stereocenters. The van der Waals surface area contributed by atoms with Crippen LogP contribution in [0.5, 0.6) is 0 Å². The van der Waals surface area contributed by atoms with Crippen LogP contribution in [0.2, 0.25) is 0 Å². The number of aromatic amines is 1. The van der Waals surface area contributed by atoms with Crippen LogP contribution in [0.3, 0.4) is 0 Å². The fourth-order valence-corrected chi connectivity index (χ4v) is 3.77. The molecule has 0 aliphatic rings. The highest BCUT2D eigenvalue weighted by Gasteiger charge is 2.29. The Hall–Kier alpha value is -1.71. The highest BCUT2D eigenvalue weighted by Crippen LogP contribution is 2.27. The summed E-state index contributed by atoms with van der Waals surface area (Å²) in [6.45, 7) is 1.76. The van der Waals surface area contributed by atoms with Crippen LogP contribution < -0.4 is 0 Å². The Morgan fingerprint density at radius 3 is 2.75 bits per heavy atom. The van der Waals surface area contributed by atoms with Crippen molar-refractivity contribution in [3.63, 3.8) is 0 Å². The van der Waals surface area contributed by atoms with Crippen LogP contribution in [-0.4, -0.2) is 41.0 Å². The van der Waals surface area contributed by atoms with Crippen molar-refractivity contribution >= 4 is 27.3 Å². The van der Waals surface area contributed by atoms with Crippen molar-refractivity contribution in [3.05, 3.63) is 34.2 Å². The van der Waals surface area contributed by atoms with Crippen LogP contribution in [0.4, 0.5) is 0 Å². The fourth-order valence-electron chi connectivity index (χ4n) is 1.62. The smallest absolute Gasteiger partial charge is 0.356 e. The average Bonchev–Trinajstić information content (AvgIpc) is 3.07. The van der Waals surface area contributed by atoms with E-state index in [4.69, 9.17) is 5.11 Å². The fraction of sp³-hybridized carbons (Fsp3) is 0.273. The number of carboxylic acid groups (broad SMARTS) is 1. The minimum absolute atomic E-state index is 0.235. The minimum atomic E-state index is -3.82. The summed E-state index contributed by atoms with van der Waals surface area (Å²) in [5, 5.41) is 16.1. The highest BCUT2D eigenvalue weighted by atomic mass is 32.2. The first-order chi connectivity index (χ1) is 9.34. The molecule has 2 N–H and O–H groups in total. The van der Waals surface area contributed by atoms with Gasteiger partial charge in [0.05, 0.1) is 6.04 Å². The van der Waals surface area contributed by atoms with Gasteiger partial charge in [-0.3, -0.25) is 5.10 Å². The van der Waals surface area contributed by atoms with Gasteiger partial charge >= 0.3 is 5.97 Å². The molecule has 2 heterocycles. The SMILES string of the molecule is CC(c1cccs1)N(C)S(=O)(=O)c1cc(C(=O)O)n[nH]1. The van der Waals surface area contributed by atoms with Crippen LogP contribution in [0.15, 0.2) is 28.6 Å². The van der Waals surface area contributed by atoms with Gasteiger partial charge < -0.3 is 5.11 Å². The molecule has 0 aliphatic carbocycles. The van der Waals surface area contributed by atoms with Gasteiger partial charge in [-0.15, -0.1) is 11.3 Å². The molecule has 0 radical (unpaired) electrons. The largest absolute Gasteiger partial charge is 0.476 e. The van der Waals surface area contributed by atoms with E-state index < -0.39 is 16.0 Å². The predicted molar refractivity (Wildman–Crippen MR) is 73.2 cm³/mol. The molecule has 0 aliphatic heterocycles. The van der Waals surface area contributed by atoms with E-state index >= 15 is 0 Å². The van der Waals surface area contributed by atoms with E-state index in [0.717, 1.165) is 10.9 Å². The Morgan fingerprint density at radius 2 is 2.25 bits per heavy atom. The Labute approximate surface area is 119 Å². The van der Waals surface area contributed by atoms with E-state index in [1.807, 2.05) is 17.5 Å². The zero-order chi connectivity index (χ0) is 14.9. The lowest BCUT2D eigenvalue weighted by Crippen LogP contribution is -2.29. The molecule has 0 spiro atoms. The third-order valence-electron chi connectivity index (χ3n) is 2.93. The zero-order valence-electron chi connectivity index (χ0n) is 10.8. The molecule has 0 amide bonds. The van der Waals surface area contributed by atoms with Crippen molar-refractivity contribution in [2.75, 3.05) is 7.05 Å². The van der Waals surface area contributed by atoms with E-state index in [1.165, 1.54) is 22.7 Å². The van der Waals surface area contributed by atoms with Gasteiger partial charge in [-0.05, 0) is 18.4 Å². The predicted octanol–water partition coefficient (Wildman–Crippen LogP) is 1.55. The zero-order valence-corrected chi connectivity index (χ0v) is 12.4. The summed E-state index contributed by atoms with van der Waals surface area (Å²) >= 11 is 1.45. The van der Waals surface area contributed by atoms with Gasteiger partial charge in [0.2, 0.25) is 0 Å². The molecule has 0 saturated heterocycles. The number of nitrogens with one attached hydrogen (secondary N) is 1. The maximum absolute atomic E-state index is 12.4. The molecular formula is C11H13N3O4S2. The van der Waals surface area contributed by atoms with Crippen LogP contribution >= 0.6 is 11.3 Å². The maximum Gasteiger partial charge on any atom is 0.356 e. The number of thiophene rings is 1. The van der Waals surface area contributed by atoms with E-state index in [9.17, 15) is 13.2 Å². The molecule has 20 heavy (non-hydrogen) atoms. The topological polar surface area (TPSA) is 103 Å². The number of aromatic nitrogens is 2. The van der Waals surface area contributed by atoms with Gasteiger partial charge in [-0.1, -0.05) is 6.07 Å². The normalized spacial score (nSPS) is 13.6. The van der Waals surface area contributed by atoms with E-state index in [1.54, 1.807) is 6.92 Å². The van der Waals surface area contributed by atoms with Crippen molar-refractivity contribution in [1.82, 2.24) is 14.5 Å². The first-order valence-corrected chi connectivity index (χ1v) is 7.96. The molecule has 1 atom stereocenters. The van der Waals surface area contributed by atoms with E-state index in [2.05, 4.69) is 10.2 Å². The first kappa shape index (κ1) is 14.7. The summed E-state index contributed by atoms with van der Waals surface area (Å²) < 4.78 is 25.9. The van der Waals surface area contributed by atoms with E-state index in [-0.39, 0.29) is 16.8 Å². The van der Waals surface area contributed by atoms with Crippen LogP contribution in [0.25, 0.3) is 0 Å². The number of nitrogens with zero attached hydrogens (tertiary/aromatic N) is 2. The maximum atomic E-state index is 12.4. The second kappa shape index (κ2) is 5.35. The molecule has 2 rings (SSSR count). The van der Waals surface area contributed by atoms with Gasteiger partial charge in [0.15, 0.2) is 10.7 Å². The number of aromatic carboxylic acids is 1. The summed E-state index contributed by atoms with van der Waals surface area (Å²) in [6, 6.07) is 4.35. The second-order valence-corrected chi connectivity index (χ2v) is 7.08. The Bertz CT molecular complexity index is 706. The van der Waals surface area contributed by atoms with Crippen LogP contribution in [0.1, 0.15) is 28.3 Å². The summed E-state index contributed by atoms with van der Waals surface area (Å²) in [6.07, 6.45) is 0. The summed E-state index contributed by atoms with van der Waals surface area (Å²) in [7, 11) is -2.37. The lowest BCUT2D eigenvalue weighted by atomic mass is 10.3. The van der Waals surface area contributed by atoms with Gasteiger partial charge in [-0.2, -0.15) is 9.40 Å². The number of carbonyl (C=O) groups is 1. The van der Waals surface area contributed by atoms with Gasteiger partial charge in [-0.25, -0.2) is 13.2 Å². The minimum Gasteiger partial charge on any atom is -0.476 e. The van der Waals surface area contributed by atoms with Crippen molar-refractivity contribution in [3.8, 4) is 0 Å². The number of H-pyrrole nitrogens is 1. The van der Waals surface area contributed by atoms with E-state index in [0.29, 0.717) is 0 Å². The van der Waals surface area contributed by atoms with Gasteiger partial charge in [0.25, 0.3) is 10.0 Å². The molecule has 108 valence electrons. The number of sulfonamides is 1. The standard InChI is InChI=1S/C11H13N3O4S2/c1-7(9-4-3-5-19-9)14(2)20(17,18)10-6-8(11(15)16)12-13-10/h3-7H,1-2H3,(H,12,13)(H,15,16). The first-order valence-electron chi connectivity index (χ1n) is 5.64. The van der Waals surface area contributed by atoms with Crippen molar-refractivity contribution < 1.29 is 18.3 Å².